The van der Waals surface area contributed by atoms with Gasteiger partial charge in [-0.05, 0) is 73.5 Å². The molecule has 0 saturated heterocycles. The zero-order chi connectivity index (χ0) is 20.8. The van der Waals surface area contributed by atoms with Crippen molar-refractivity contribution in [2.24, 2.45) is 23.7 Å². The summed E-state index contributed by atoms with van der Waals surface area (Å²) in [5.41, 5.74) is 0. The van der Waals surface area contributed by atoms with E-state index in [-0.39, 0.29) is 30.2 Å². The molecule has 0 radical (unpaired) electrons. The molecule has 2 saturated carbocycles. The minimum absolute atomic E-state index is 0.0390. The number of carbonyl (C=O) groups is 1. The third-order valence-electron chi connectivity index (χ3n) is 6.02. The summed E-state index contributed by atoms with van der Waals surface area (Å²) in [6, 6.07) is 5.65. The van der Waals surface area contributed by atoms with Gasteiger partial charge in [-0.1, -0.05) is 12.2 Å². The van der Waals surface area contributed by atoms with E-state index < -0.39 is 12.1 Å². The molecule has 2 unspecified atom stereocenters. The van der Waals surface area contributed by atoms with Gasteiger partial charge in [-0.2, -0.15) is 11.8 Å². The number of benzene rings is 1. The van der Waals surface area contributed by atoms with E-state index in [9.17, 15) is 19.4 Å². The molecule has 2 fully saturated rings. The van der Waals surface area contributed by atoms with Crippen molar-refractivity contribution in [1.82, 2.24) is 0 Å². The Labute approximate surface area is 175 Å². The van der Waals surface area contributed by atoms with Crippen molar-refractivity contribution in [2.75, 3.05) is 18.1 Å². The summed E-state index contributed by atoms with van der Waals surface area (Å²) in [4.78, 5) is 10.6. The van der Waals surface area contributed by atoms with Crippen molar-refractivity contribution in [1.29, 1.82) is 0 Å². The molecule has 3 N–H and O–H groups in total. The lowest BCUT2D eigenvalue weighted by atomic mass is 9.89. The van der Waals surface area contributed by atoms with Crippen LogP contribution in [0.3, 0.4) is 0 Å². The summed E-state index contributed by atoms with van der Waals surface area (Å²) in [6.07, 6.45) is 6.39. The van der Waals surface area contributed by atoms with Gasteiger partial charge in [-0.15, -0.1) is 0 Å². The highest BCUT2D eigenvalue weighted by Crippen LogP contribution is 2.51. The van der Waals surface area contributed by atoms with Crippen molar-refractivity contribution >= 4 is 17.7 Å². The SMILES string of the molecule is O=C(O)CSCCC1C[C@H]2C[C@@H](O)[C@H](C=CC(O)COc3ccc(F)cc3)[C@@H]2C1. The van der Waals surface area contributed by atoms with Crippen LogP contribution in [0.25, 0.3) is 0 Å². The van der Waals surface area contributed by atoms with Gasteiger partial charge in [-0.3, -0.25) is 4.79 Å². The highest BCUT2D eigenvalue weighted by Gasteiger charge is 2.46. The molecule has 2 aliphatic carbocycles. The molecule has 160 valence electrons. The number of aliphatic hydroxyl groups excluding tert-OH is 2. The summed E-state index contributed by atoms with van der Waals surface area (Å²) in [7, 11) is 0. The number of aliphatic hydroxyl groups is 2. The Bertz CT molecular complexity index is 695. The molecular weight excluding hydrogens is 395 g/mol. The Kier molecular flexibility index (Phi) is 7.98. The topological polar surface area (TPSA) is 87.0 Å². The van der Waals surface area contributed by atoms with E-state index in [0.29, 0.717) is 23.5 Å². The minimum Gasteiger partial charge on any atom is -0.491 e. The molecule has 0 aromatic heterocycles. The van der Waals surface area contributed by atoms with Crippen LogP contribution in [0.1, 0.15) is 25.7 Å². The molecule has 5 nitrogen and oxygen atoms in total. The Morgan fingerprint density at radius 1 is 1.28 bits per heavy atom. The maximum Gasteiger partial charge on any atom is 0.313 e. The van der Waals surface area contributed by atoms with Crippen LogP contribution in [0.2, 0.25) is 0 Å². The second-order valence-corrected chi connectivity index (χ2v) is 9.20. The molecule has 3 rings (SSSR count). The van der Waals surface area contributed by atoms with E-state index in [0.717, 1.165) is 31.4 Å². The molecule has 6 atom stereocenters. The predicted octanol–water partition coefficient (Wildman–Crippen LogP) is 3.35. The molecule has 2 aliphatic rings. The van der Waals surface area contributed by atoms with Crippen molar-refractivity contribution in [3.63, 3.8) is 0 Å². The number of thioether (sulfide) groups is 1. The molecule has 0 spiro atoms. The van der Waals surface area contributed by atoms with Crippen LogP contribution in [-0.2, 0) is 4.79 Å². The van der Waals surface area contributed by atoms with Gasteiger partial charge in [0.05, 0.1) is 11.9 Å². The van der Waals surface area contributed by atoms with E-state index in [1.165, 1.54) is 36.0 Å². The molecule has 0 amide bonds. The van der Waals surface area contributed by atoms with Gasteiger partial charge in [0.15, 0.2) is 0 Å². The third-order valence-corrected chi connectivity index (χ3v) is 6.99. The molecule has 7 heteroatoms. The first-order valence-corrected chi connectivity index (χ1v) is 11.3. The van der Waals surface area contributed by atoms with Gasteiger partial charge in [-0.25, -0.2) is 4.39 Å². The molecule has 0 heterocycles. The molecule has 29 heavy (non-hydrogen) atoms. The van der Waals surface area contributed by atoms with Crippen LogP contribution >= 0.6 is 11.8 Å². The number of fused-ring (bicyclic) bond motifs is 1. The number of halogens is 1. The number of carboxylic acid groups (broad SMARTS) is 1. The number of aliphatic carboxylic acids is 1. The number of hydrogen-bond donors (Lipinski definition) is 3. The van der Waals surface area contributed by atoms with Gasteiger partial charge in [0, 0.05) is 5.92 Å². The lowest BCUT2D eigenvalue weighted by molar-refractivity contribution is -0.133. The quantitative estimate of drug-likeness (QED) is 0.394. The monoisotopic (exact) mass is 424 g/mol. The Morgan fingerprint density at radius 2 is 2.03 bits per heavy atom. The van der Waals surface area contributed by atoms with Crippen LogP contribution in [-0.4, -0.2) is 51.6 Å². The van der Waals surface area contributed by atoms with Crippen molar-refractivity contribution < 1.29 is 29.2 Å². The fourth-order valence-electron chi connectivity index (χ4n) is 4.71. The second-order valence-electron chi connectivity index (χ2n) is 8.09. The van der Waals surface area contributed by atoms with Gasteiger partial charge < -0.3 is 20.1 Å². The first kappa shape index (κ1) is 22.1. The molecule has 1 aromatic carbocycles. The fourth-order valence-corrected chi connectivity index (χ4v) is 5.53. The lowest BCUT2D eigenvalue weighted by Gasteiger charge is -2.19. The summed E-state index contributed by atoms with van der Waals surface area (Å²) in [5, 5.41) is 29.3. The smallest absolute Gasteiger partial charge is 0.313 e. The zero-order valence-corrected chi connectivity index (χ0v) is 17.1. The summed E-state index contributed by atoms with van der Waals surface area (Å²) in [6.45, 7) is 0.0719. The third kappa shape index (κ3) is 6.46. The Hall–Kier alpha value is -1.57. The normalized spacial score (nSPS) is 29.8. The molecule has 0 bridgehead atoms. The van der Waals surface area contributed by atoms with Crippen LogP contribution in [0.15, 0.2) is 36.4 Å². The number of rotatable bonds is 10. The standard InChI is InChI=1S/C22H29FO5S/c23-16-1-4-18(5-2-16)28-12-17(24)3-6-19-20-10-14(7-8-29-13-22(26)27)9-15(20)11-21(19)25/h1-6,14-15,17,19-21,24-25H,7-13H2,(H,26,27)/t14?,15-,17?,19+,20+,21+/m0/s1. The summed E-state index contributed by atoms with van der Waals surface area (Å²) < 4.78 is 18.4. The molecular formula is C22H29FO5S. The van der Waals surface area contributed by atoms with Crippen molar-refractivity contribution in [2.45, 2.75) is 37.9 Å². The van der Waals surface area contributed by atoms with E-state index in [2.05, 4.69) is 0 Å². The van der Waals surface area contributed by atoms with E-state index in [1.54, 1.807) is 6.08 Å². The maximum atomic E-state index is 12.9. The number of hydrogen-bond acceptors (Lipinski definition) is 5. The average molecular weight is 425 g/mol. The number of ether oxygens (including phenoxy) is 1. The largest absolute Gasteiger partial charge is 0.491 e. The maximum absolute atomic E-state index is 12.9. The second kappa shape index (κ2) is 10.5. The minimum atomic E-state index is -0.795. The van der Waals surface area contributed by atoms with Crippen LogP contribution in [0, 0.1) is 29.5 Å². The molecule has 1 aromatic rings. The van der Waals surface area contributed by atoms with Crippen LogP contribution in [0.5, 0.6) is 5.75 Å². The highest BCUT2D eigenvalue weighted by molar-refractivity contribution is 7.99. The van der Waals surface area contributed by atoms with E-state index in [4.69, 9.17) is 9.84 Å². The zero-order valence-electron chi connectivity index (χ0n) is 16.3. The van der Waals surface area contributed by atoms with Gasteiger partial charge in [0.25, 0.3) is 0 Å². The highest BCUT2D eigenvalue weighted by atomic mass is 32.2. The van der Waals surface area contributed by atoms with Crippen LogP contribution in [0.4, 0.5) is 4.39 Å². The first-order valence-electron chi connectivity index (χ1n) is 10.1. The van der Waals surface area contributed by atoms with Gasteiger partial charge in [0.2, 0.25) is 0 Å². The Morgan fingerprint density at radius 3 is 2.76 bits per heavy atom. The van der Waals surface area contributed by atoms with E-state index in [1.807, 2.05) is 6.08 Å². The fraction of sp³-hybridized carbons (Fsp3) is 0.591. The lowest BCUT2D eigenvalue weighted by Crippen LogP contribution is -2.20. The summed E-state index contributed by atoms with van der Waals surface area (Å²) in [5.74, 6) is 1.95. The van der Waals surface area contributed by atoms with Crippen molar-refractivity contribution in [3.8, 4) is 5.75 Å². The molecule has 0 aliphatic heterocycles. The van der Waals surface area contributed by atoms with Gasteiger partial charge >= 0.3 is 5.97 Å². The van der Waals surface area contributed by atoms with E-state index >= 15 is 0 Å². The average Bonchev–Trinajstić information content (AvgIpc) is 3.19. The number of carboxylic acids is 1. The van der Waals surface area contributed by atoms with Crippen molar-refractivity contribution in [3.05, 3.63) is 42.2 Å². The Balaban J connectivity index is 1.44. The predicted molar refractivity (Wildman–Crippen MR) is 110 cm³/mol. The van der Waals surface area contributed by atoms with Crippen LogP contribution < -0.4 is 4.74 Å². The van der Waals surface area contributed by atoms with Gasteiger partial charge in [0.1, 0.15) is 24.3 Å². The first-order chi connectivity index (χ1) is 13.9. The summed E-state index contributed by atoms with van der Waals surface area (Å²) >= 11 is 1.47.